The molecule has 0 aliphatic heterocycles. The van der Waals surface area contributed by atoms with Crippen molar-refractivity contribution < 1.29 is 9.32 Å². The molecule has 4 nitrogen and oxygen atoms in total. The first kappa shape index (κ1) is 15.3. The van der Waals surface area contributed by atoms with Crippen molar-refractivity contribution in [1.82, 2.24) is 5.16 Å². The maximum absolute atomic E-state index is 12.5. The molecule has 0 aliphatic carbocycles. The van der Waals surface area contributed by atoms with Crippen LogP contribution in [0.2, 0.25) is 0 Å². The Kier molecular flexibility index (Phi) is 4.78. The van der Waals surface area contributed by atoms with Crippen LogP contribution in [-0.4, -0.2) is 17.6 Å². The second-order valence-electron chi connectivity index (χ2n) is 5.28. The molecule has 0 fully saturated rings. The number of amides is 1. The van der Waals surface area contributed by atoms with E-state index in [2.05, 4.69) is 5.16 Å². The van der Waals surface area contributed by atoms with E-state index in [1.807, 2.05) is 56.9 Å². The SMILES string of the molecule is CCN(C(=O)CCc1c(C)noc1C)c1cccc(C)c1. The van der Waals surface area contributed by atoms with Crippen molar-refractivity contribution in [2.24, 2.45) is 0 Å². The Bertz CT molecular complexity index is 612. The summed E-state index contributed by atoms with van der Waals surface area (Å²) in [6, 6.07) is 8.03. The van der Waals surface area contributed by atoms with E-state index in [1.165, 1.54) is 0 Å². The lowest BCUT2D eigenvalue weighted by Crippen LogP contribution is -2.30. The topological polar surface area (TPSA) is 46.3 Å². The third kappa shape index (κ3) is 3.51. The Morgan fingerprint density at radius 2 is 2.05 bits per heavy atom. The van der Waals surface area contributed by atoms with E-state index in [9.17, 15) is 4.79 Å². The highest BCUT2D eigenvalue weighted by Crippen LogP contribution is 2.19. The van der Waals surface area contributed by atoms with Crippen LogP contribution in [0.3, 0.4) is 0 Å². The number of hydrogen-bond acceptors (Lipinski definition) is 3. The molecular weight excluding hydrogens is 264 g/mol. The minimum atomic E-state index is 0.128. The fourth-order valence-electron chi connectivity index (χ4n) is 2.52. The van der Waals surface area contributed by atoms with Crippen LogP contribution < -0.4 is 4.90 Å². The monoisotopic (exact) mass is 286 g/mol. The molecule has 4 heteroatoms. The van der Waals surface area contributed by atoms with Crippen molar-refractivity contribution in [2.45, 2.75) is 40.5 Å². The van der Waals surface area contributed by atoms with E-state index in [-0.39, 0.29) is 5.91 Å². The van der Waals surface area contributed by atoms with Gasteiger partial charge in [0.15, 0.2) is 0 Å². The molecule has 0 saturated heterocycles. The van der Waals surface area contributed by atoms with Crippen molar-refractivity contribution >= 4 is 11.6 Å². The van der Waals surface area contributed by atoms with Gasteiger partial charge in [-0.15, -0.1) is 0 Å². The first-order valence-electron chi connectivity index (χ1n) is 7.31. The molecule has 21 heavy (non-hydrogen) atoms. The van der Waals surface area contributed by atoms with E-state index in [4.69, 9.17) is 4.52 Å². The first-order valence-corrected chi connectivity index (χ1v) is 7.31. The lowest BCUT2D eigenvalue weighted by atomic mass is 10.1. The van der Waals surface area contributed by atoms with Crippen LogP contribution in [0, 0.1) is 20.8 Å². The highest BCUT2D eigenvalue weighted by atomic mass is 16.5. The minimum absolute atomic E-state index is 0.128. The summed E-state index contributed by atoms with van der Waals surface area (Å²) < 4.78 is 5.14. The Morgan fingerprint density at radius 3 is 2.62 bits per heavy atom. The Morgan fingerprint density at radius 1 is 1.29 bits per heavy atom. The maximum atomic E-state index is 12.5. The zero-order chi connectivity index (χ0) is 15.4. The molecule has 0 radical (unpaired) electrons. The molecule has 0 saturated carbocycles. The van der Waals surface area contributed by atoms with Crippen LogP contribution in [0.25, 0.3) is 0 Å². The van der Waals surface area contributed by atoms with Gasteiger partial charge in [0.1, 0.15) is 5.76 Å². The van der Waals surface area contributed by atoms with Gasteiger partial charge in [-0.05, 0) is 51.8 Å². The molecule has 1 aromatic carbocycles. The Hall–Kier alpha value is -2.10. The third-order valence-electron chi connectivity index (χ3n) is 3.70. The smallest absolute Gasteiger partial charge is 0.227 e. The number of anilines is 1. The highest BCUT2D eigenvalue weighted by molar-refractivity contribution is 5.93. The van der Waals surface area contributed by atoms with Gasteiger partial charge in [-0.25, -0.2) is 0 Å². The van der Waals surface area contributed by atoms with Crippen LogP contribution in [0.15, 0.2) is 28.8 Å². The minimum Gasteiger partial charge on any atom is -0.361 e. The Balaban J connectivity index is 2.07. The second-order valence-corrected chi connectivity index (χ2v) is 5.28. The number of nitrogens with zero attached hydrogens (tertiary/aromatic N) is 2. The van der Waals surface area contributed by atoms with Crippen molar-refractivity contribution in [1.29, 1.82) is 0 Å². The average molecular weight is 286 g/mol. The summed E-state index contributed by atoms with van der Waals surface area (Å²) in [6.07, 6.45) is 1.13. The molecule has 1 heterocycles. The molecule has 0 atom stereocenters. The molecular formula is C17H22N2O2. The molecule has 1 amide bonds. The molecule has 0 N–H and O–H groups in total. The quantitative estimate of drug-likeness (QED) is 0.844. The average Bonchev–Trinajstić information content (AvgIpc) is 2.77. The summed E-state index contributed by atoms with van der Waals surface area (Å²) in [5, 5.41) is 3.93. The van der Waals surface area contributed by atoms with Gasteiger partial charge < -0.3 is 9.42 Å². The third-order valence-corrected chi connectivity index (χ3v) is 3.70. The molecule has 2 rings (SSSR count). The van der Waals surface area contributed by atoms with Crippen LogP contribution in [0.1, 0.15) is 35.9 Å². The van der Waals surface area contributed by atoms with Crippen LogP contribution in [-0.2, 0) is 11.2 Å². The summed E-state index contributed by atoms with van der Waals surface area (Å²) >= 11 is 0. The van der Waals surface area contributed by atoms with Crippen molar-refractivity contribution in [2.75, 3.05) is 11.4 Å². The number of benzene rings is 1. The summed E-state index contributed by atoms with van der Waals surface area (Å²) in [5.74, 6) is 0.932. The number of rotatable bonds is 5. The predicted molar refractivity (Wildman–Crippen MR) is 83.5 cm³/mol. The van der Waals surface area contributed by atoms with Crippen LogP contribution in [0.4, 0.5) is 5.69 Å². The number of carbonyl (C=O) groups is 1. The number of aryl methyl sites for hydroxylation is 3. The van der Waals surface area contributed by atoms with Gasteiger partial charge >= 0.3 is 0 Å². The highest BCUT2D eigenvalue weighted by Gasteiger charge is 2.16. The largest absolute Gasteiger partial charge is 0.361 e. The van der Waals surface area contributed by atoms with Gasteiger partial charge in [0.25, 0.3) is 0 Å². The van der Waals surface area contributed by atoms with E-state index in [1.54, 1.807) is 0 Å². The van der Waals surface area contributed by atoms with E-state index in [0.29, 0.717) is 19.4 Å². The van der Waals surface area contributed by atoms with Gasteiger partial charge in [-0.1, -0.05) is 17.3 Å². The normalized spacial score (nSPS) is 10.7. The summed E-state index contributed by atoms with van der Waals surface area (Å²) in [6.45, 7) is 8.50. The maximum Gasteiger partial charge on any atom is 0.227 e. The summed E-state index contributed by atoms with van der Waals surface area (Å²) in [4.78, 5) is 14.3. The molecule has 1 aromatic heterocycles. The number of hydrogen-bond donors (Lipinski definition) is 0. The van der Waals surface area contributed by atoms with Crippen molar-refractivity contribution in [3.63, 3.8) is 0 Å². The fourth-order valence-corrected chi connectivity index (χ4v) is 2.52. The van der Waals surface area contributed by atoms with Crippen LogP contribution >= 0.6 is 0 Å². The summed E-state index contributed by atoms with van der Waals surface area (Å²) in [5.41, 5.74) is 4.04. The lowest BCUT2D eigenvalue weighted by molar-refractivity contribution is -0.118. The predicted octanol–water partition coefficient (Wildman–Crippen LogP) is 3.59. The zero-order valence-electron chi connectivity index (χ0n) is 13.1. The first-order chi connectivity index (χ1) is 10.0. The van der Waals surface area contributed by atoms with Gasteiger partial charge in [0, 0.05) is 24.2 Å². The number of carbonyl (C=O) groups excluding carboxylic acids is 1. The van der Waals surface area contributed by atoms with E-state index >= 15 is 0 Å². The van der Waals surface area contributed by atoms with E-state index < -0.39 is 0 Å². The molecule has 0 bridgehead atoms. The van der Waals surface area contributed by atoms with Gasteiger partial charge in [-0.3, -0.25) is 4.79 Å². The molecule has 0 spiro atoms. The Labute approximate surface area is 125 Å². The molecule has 112 valence electrons. The van der Waals surface area contributed by atoms with Gasteiger partial charge in [0.2, 0.25) is 5.91 Å². The fraction of sp³-hybridized carbons (Fsp3) is 0.412. The number of aromatic nitrogens is 1. The molecule has 0 aliphatic rings. The summed E-state index contributed by atoms with van der Waals surface area (Å²) in [7, 11) is 0. The standard InChI is InChI=1S/C17H22N2O2/c1-5-19(15-8-6-7-12(2)11-15)17(20)10-9-16-13(3)18-21-14(16)4/h6-8,11H,5,9-10H2,1-4H3. The van der Waals surface area contributed by atoms with Crippen molar-refractivity contribution in [3.8, 4) is 0 Å². The van der Waals surface area contributed by atoms with Crippen LogP contribution in [0.5, 0.6) is 0 Å². The van der Waals surface area contributed by atoms with E-state index in [0.717, 1.165) is 28.3 Å². The van der Waals surface area contributed by atoms with Crippen molar-refractivity contribution in [3.05, 3.63) is 46.8 Å². The second kappa shape index (κ2) is 6.57. The molecule has 2 aromatic rings. The van der Waals surface area contributed by atoms with Gasteiger partial charge in [-0.2, -0.15) is 0 Å². The molecule has 0 unspecified atom stereocenters. The van der Waals surface area contributed by atoms with Gasteiger partial charge in [0.05, 0.1) is 5.69 Å². The lowest BCUT2D eigenvalue weighted by Gasteiger charge is -2.21. The zero-order valence-corrected chi connectivity index (χ0v) is 13.1.